The molecule has 15 heteroatoms. The summed E-state index contributed by atoms with van der Waals surface area (Å²) in [7, 11) is 0. The molecule has 4 amide bonds. The number of ketones is 1. The van der Waals surface area contributed by atoms with Crippen molar-refractivity contribution in [1.82, 2.24) is 26.3 Å². The molecule has 4 bridgehead atoms. The number of carbonyl (C=O) groups is 5. The van der Waals surface area contributed by atoms with Crippen molar-refractivity contribution in [1.29, 1.82) is 0 Å². The monoisotopic (exact) mass is 754 g/mol. The number of hydrogen-bond donors (Lipinski definition) is 6. The van der Waals surface area contributed by atoms with Gasteiger partial charge in [0, 0.05) is 26.3 Å². The van der Waals surface area contributed by atoms with E-state index in [9.17, 15) is 24.0 Å². The number of aliphatic imine (C=N–C) groups is 1. The molecule has 0 saturated heterocycles. The number of thiazole rings is 1. The van der Waals surface area contributed by atoms with Crippen molar-refractivity contribution in [3.63, 3.8) is 0 Å². The lowest BCUT2D eigenvalue weighted by molar-refractivity contribution is -0.133. The zero-order chi connectivity index (χ0) is 38.8. The molecule has 3 heterocycles. The third-order valence-electron chi connectivity index (χ3n) is 8.69. The van der Waals surface area contributed by atoms with Crippen LogP contribution in [-0.4, -0.2) is 71.1 Å². The molecule has 0 spiro atoms. The van der Waals surface area contributed by atoms with Gasteiger partial charge in [-0.2, -0.15) is 0 Å². The van der Waals surface area contributed by atoms with E-state index in [1.165, 1.54) is 18.3 Å². The van der Waals surface area contributed by atoms with E-state index in [1.54, 1.807) is 48.5 Å². The molecule has 0 saturated carbocycles. The van der Waals surface area contributed by atoms with E-state index in [0.29, 0.717) is 29.0 Å². The molecule has 54 heavy (non-hydrogen) atoms. The van der Waals surface area contributed by atoms with Crippen LogP contribution in [0.15, 0.2) is 77.8 Å². The number of hydrogen-bond acceptors (Lipinski definition) is 9. The van der Waals surface area contributed by atoms with Gasteiger partial charge in [0.2, 0.25) is 29.4 Å². The quantitative estimate of drug-likeness (QED) is 0.0573. The Morgan fingerprint density at radius 3 is 2.41 bits per heavy atom. The number of carbonyl (C=O) groups excluding carboxylic acids is 5. The molecule has 0 fully saturated rings. The summed E-state index contributed by atoms with van der Waals surface area (Å²) in [5.74, 6) is -1.63. The molecule has 3 aromatic carbocycles. The van der Waals surface area contributed by atoms with E-state index in [2.05, 4.69) is 31.2 Å². The average molecular weight is 755 g/mol. The van der Waals surface area contributed by atoms with Gasteiger partial charge < -0.3 is 37.5 Å². The van der Waals surface area contributed by atoms with E-state index in [0.717, 1.165) is 10.3 Å². The summed E-state index contributed by atoms with van der Waals surface area (Å²) in [5, 5.41) is 11.5. The van der Waals surface area contributed by atoms with Crippen molar-refractivity contribution >= 4 is 56.9 Å². The number of aromatic nitrogens is 1. The van der Waals surface area contributed by atoms with E-state index >= 15 is 0 Å². The summed E-state index contributed by atoms with van der Waals surface area (Å²) >= 11 is 1.22. The fourth-order valence-corrected chi connectivity index (χ4v) is 7.08. The molecule has 284 valence electrons. The van der Waals surface area contributed by atoms with Crippen molar-refractivity contribution in [2.75, 3.05) is 6.54 Å². The second kappa shape index (κ2) is 18.3. The van der Waals surface area contributed by atoms with Gasteiger partial charge in [-0.3, -0.25) is 29.0 Å². The standard InChI is InChI=1S/C39H46N8O6S/c1-22(2)18-30-35(50)46-32(37(52)44-29(11-7-17-42-39(40)41)34(49)38-47-28-10-4-5-12-33(28)54-38)21-25-8-6-9-27(19-25)53-26-15-13-24(14-16-26)20-31(36(51)45-30)43-23(3)48/h4-6,8-10,12-16,19,22,29-32H,7,11,17-18,20-21H2,1-3H3,(H,43,48)(H,44,52)(H,45,51)(H,46,50)(H4,40,41,42)/t29-,30+,31+,32+/m1/s1. The zero-order valence-electron chi connectivity index (χ0n) is 30.5. The number of fused-ring (bicyclic) bond motifs is 11. The Kier molecular flexibility index (Phi) is 13.3. The maximum Gasteiger partial charge on any atom is 0.243 e. The number of amides is 4. The summed E-state index contributed by atoms with van der Waals surface area (Å²) in [6.45, 7) is 5.36. The van der Waals surface area contributed by atoms with Gasteiger partial charge in [-0.05, 0) is 72.7 Å². The topological polar surface area (TPSA) is 220 Å². The number of Topliss-reactive ketones (excluding diaryl/α,β-unsaturated/α-hetero) is 1. The fourth-order valence-electron chi connectivity index (χ4n) is 6.12. The third-order valence-corrected chi connectivity index (χ3v) is 9.74. The van der Waals surface area contributed by atoms with Gasteiger partial charge in [-0.25, -0.2) is 4.98 Å². The predicted octanol–water partition coefficient (Wildman–Crippen LogP) is 3.13. The van der Waals surface area contributed by atoms with Crippen LogP contribution in [0.3, 0.4) is 0 Å². The van der Waals surface area contributed by atoms with Gasteiger partial charge in [0.25, 0.3) is 0 Å². The maximum absolute atomic E-state index is 14.3. The molecule has 4 atom stereocenters. The summed E-state index contributed by atoms with van der Waals surface area (Å²) in [5.41, 5.74) is 13.1. The second-order valence-corrected chi connectivity index (χ2v) is 14.7. The smallest absolute Gasteiger partial charge is 0.243 e. The summed E-state index contributed by atoms with van der Waals surface area (Å²) in [6.07, 6.45) is 1.00. The minimum atomic E-state index is -1.18. The number of para-hydroxylation sites is 1. The minimum Gasteiger partial charge on any atom is -0.457 e. The highest BCUT2D eigenvalue weighted by Gasteiger charge is 2.33. The van der Waals surface area contributed by atoms with Crippen LogP contribution in [0.4, 0.5) is 0 Å². The number of guanidine groups is 1. The first-order valence-corrected chi connectivity index (χ1v) is 18.7. The van der Waals surface area contributed by atoms with Gasteiger partial charge in [0.1, 0.15) is 29.6 Å². The van der Waals surface area contributed by atoms with Gasteiger partial charge in [0.15, 0.2) is 11.0 Å². The molecule has 14 nitrogen and oxygen atoms in total. The number of rotatable bonds is 11. The van der Waals surface area contributed by atoms with Crippen LogP contribution < -0.4 is 37.5 Å². The fraction of sp³-hybridized carbons (Fsp3) is 0.359. The van der Waals surface area contributed by atoms with Crippen LogP contribution in [-0.2, 0) is 32.0 Å². The maximum atomic E-state index is 14.3. The molecule has 8 N–H and O–H groups in total. The number of ether oxygens (including phenoxy) is 1. The van der Waals surface area contributed by atoms with Crippen molar-refractivity contribution < 1.29 is 28.7 Å². The van der Waals surface area contributed by atoms with Crippen molar-refractivity contribution in [3.8, 4) is 11.5 Å². The molecule has 0 radical (unpaired) electrons. The minimum absolute atomic E-state index is 0.0240. The molecule has 0 unspecified atom stereocenters. The van der Waals surface area contributed by atoms with Crippen molar-refractivity contribution in [3.05, 3.63) is 88.9 Å². The third kappa shape index (κ3) is 11.1. The molecular weight excluding hydrogens is 709 g/mol. The van der Waals surface area contributed by atoms with E-state index in [-0.39, 0.29) is 54.9 Å². The van der Waals surface area contributed by atoms with Crippen LogP contribution in [0.2, 0.25) is 0 Å². The van der Waals surface area contributed by atoms with E-state index in [4.69, 9.17) is 16.2 Å². The molecule has 2 aliphatic heterocycles. The molecular formula is C39H46N8O6S. The van der Waals surface area contributed by atoms with Gasteiger partial charge in [0.05, 0.1) is 16.3 Å². The Bertz CT molecular complexity index is 1980. The van der Waals surface area contributed by atoms with Crippen molar-refractivity contribution in [2.45, 2.75) is 77.0 Å². The highest BCUT2D eigenvalue weighted by atomic mass is 32.1. The number of nitrogens with zero attached hydrogens (tertiary/aromatic N) is 2. The summed E-state index contributed by atoms with van der Waals surface area (Å²) in [6, 6.07) is 17.4. The Labute approximate surface area is 317 Å². The lowest BCUT2D eigenvalue weighted by Crippen LogP contribution is -2.58. The van der Waals surface area contributed by atoms with E-state index in [1.807, 2.05) is 38.1 Å². The highest BCUT2D eigenvalue weighted by molar-refractivity contribution is 7.20. The Morgan fingerprint density at radius 1 is 0.944 bits per heavy atom. The van der Waals surface area contributed by atoms with E-state index < -0.39 is 47.8 Å². The van der Waals surface area contributed by atoms with Crippen LogP contribution in [0.1, 0.15) is 61.0 Å². The molecule has 4 aromatic rings. The molecule has 6 rings (SSSR count). The van der Waals surface area contributed by atoms with Gasteiger partial charge >= 0.3 is 0 Å². The lowest BCUT2D eigenvalue weighted by Gasteiger charge is -2.27. The number of nitrogens with two attached hydrogens (primary N) is 2. The first-order chi connectivity index (χ1) is 25.8. The molecule has 1 aromatic heterocycles. The first-order valence-electron chi connectivity index (χ1n) is 17.8. The van der Waals surface area contributed by atoms with Crippen LogP contribution >= 0.6 is 11.3 Å². The Morgan fingerprint density at radius 2 is 1.70 bits per heavy atom. The largest absolute Gasteiger partial charge is 0.457 e. The Hall–Kier alpha value is -5.83. The summed E-state index contributed by atoms with van der Waals surface area (Å²) < 4.78 is 6.94. The Balaban J connectivity index is 1.49. The molecule has 2 aliphatic rings. The second-order valence-electron chi connectivity index (χ2n) is 13.7. The number of benzene rings is 3. The van der Waals surface area contributed by atoms with Gasteiger partial charge in [-0.1, -0.05) is 50.2 Å². The average Bonchev–Trinajstić information content (AvgIpc) is 3.56. The predicted molar refractivity (Wildman–Crippen MR) is 207 cm³/mol. The van der Waals surface area contributed by atoms with Gasteiger partial charge in [-0.15, -0.1) is 11.3 Å². The zero-order valence-corrected chi connectivity index (χ0v) is 31.3. The SMILES string of the molecule is CC(=O)N[C@H]1Cc2ccc(cc2)Oc2cccc(c2)C[C@@H](C(=O)N[C@H](CCCN=C(N)N)C(=O)c2nc3ccccc3s2)NC(=O)[C@H](CC(C)C)NC1=O. The summed E-state index contributed by atoms with van der Waals surface area (Å²) in [4.78, 5) is 76.7. The highest BCUT2D eigenvalue weighted by Crippen LogP contribution is 2.25. The van der Waals surface area contributed by atoms with Crippen LogP contribution in [0.25, 0.3) is 10.2 Å². The normalized spacial score (nSPS) is 18.1. The van der Waals surface area contributed by atoms with Crippen LogP contribution in [0.5, 0.6) is 11.5 Å². The first kappa shape index (κ1) is 39.4. The van der Waals surface area contributed by atoms with Crippen molar-refractivity contribution in [2.24, 2.45) is 22.4 Å². The molecule has 0 aliphatic carbocycles. The van der Waals surface area contributed by atoms with Crippen LogP contribution in [0, 0.1) is 5.92 Å². The lowest BCUT2D eigenvalue weighted by atomic mass is 9.99. The number of nitrogens with one attached hydrogen (secondary N) is 4.